The van der Waals surface area contributed by atoms with Gasteiger partial charge < -0.3 is 14.8 Å². The van der Waals surface area contributed by atoms with Crippen LogP contribution in [0.4, 0.5) is 5.69 Å². The van der Waals surface area contributed by atoms with Crippen molar-refractivity contribution in [1.29, 1.82) is 5.26 Å². The first-order valence-electron chi connectivity index (χ1n) is 7.57. The van der Waals surface area contributed by atoms with Gasteiger partial charge in [-0.3, -0.25) is 4.79 Å². The van der Waals surface area contributed by atoms with Gasteiger partial charge in [-0.25, -0.2) is 0 Å². The van der Waals surface area contributed by atoms with Gasteiger partial charge in [0.1, 0.15) is 23.1 Å². The Bertz CT molecular complexity index is 824. The van der Waals surface area contributed by atoms with Crippen molar-refractivity contribution >= 4 is 29.3 Å². The maximum Gasteiger partial charge on any atom is 0.266 e. The highest BCUT2D eigenvalue weighted by atomic mass is 35.5. The number of carbonyl (C=O) groups is 1. The molecule has 0 atom stereocenters. The van der Waals surface area contributed by atoms with E-state index in [9.17, 15) is 10.1 Å². The zero-order valence-corrected chi connectivity index (χ0v) is 14.6. The predicted molar refractivity (Wildman–Crippen MR) is 97.8 cm³/mol. The number of amides is 1. The fourth-order valence-electron chi connectivity index (χ4n) is 2.07. The van der Waals surface area contributed by atoms with Gasteiger partial charge in [-0.05, 0) is 55.0 Å². The summed E-state index contributed by atoms with van der Waals surface area (Å²) in [6, 6.07) is 13.8. The highest BCUT2D eigenvalue weighted by Gasteiger charge is 2.10. The van der Waals surface area contributed by atoms with Crippen LogP contribution in [0.5, 0.6) is 11.5 Å². The van der Waals surface area contributed by atoms with E-state index in [1.165, 1.54) is 6.08 Å². The molecule has 0 spiro atoms. The number of nitrogens with zero attached hydrogens (tertiary/aromatic N) is 1. The molecule has 25 heavy (non-hydrogen) atoms. The van der Waals surface area contributed by atoms with Crippen molar-refractivity contribution in [2.45, 2.75) is 6.92 Å². The number of anilines is 1. The number of carbonyl (C=O) groups excluding carboxylic acids is 1. The van der Waals surface area contributed by atoms with Crippen molar-refractivity contribution in [3.8, 4) is 17.6 Å². The molecule has 0 aliphatic carbocycles. The number of nitrogens with one attached hydrogen (secondary N) is 1. The first-order chi connectivity index (χ1) is 12.1. The Morgan fingerprint density at radius 1 is 1.28 bits per heavy atom. The van der Waals surface area contributed by atoms with Gasteiger partial charge in [-0.2, -0.15) is 5.26 Å². The first-order valence-corrected chi connectivity index (χ1v) is 7.94. The predicted octanol–water partition coefficient (Wildman–Crippen LogP) is 4.29. The van der Waals surface area contributed by atoms with Crippen LogP contribution in [0.1, 0.15) is 12.5 Å². The number of methoxy groups -OCH3 is 1. The summed E-state index contributed by atoms with van der Waals surface area (Å²) in [5.74, 6) is 0.735. The molecule has 0 bridgehead atoms. The van der Waals surface area contributed by atoms with Gasteiger partial charge in [-0.1, -0.05) is 17.7 Å². The van der Waals surface area contributed by atoms with E-state index >= 15 is 0 Å². The third-order valence-electron chi connectivity index (χ3n) is 3.28. The summed E-state index contributed by atoms with van der Waals surface area (Å²) in [7, 11) is 1.56. The zero-order valence-electron chi connectivity index (χ0n) is 13.9. The quantitative estimate of drug-likeness (QED) is 0.619. The molecule has 0 aliphatic rings. The van der Waals surface area contributed by atoms with Gasteiger partial charge in [0, 0.05) is 5.69 Å². The van der Waals surface area contributed by atoms with Crippen LogP contribution in [-0.4, -0.2) is 19.6 Å². The van der Waals surface area contributed by atoms with Crippen molar-refractivity contribution in [3.63, 3.8) is 0 Å². The lowest BCUT2D eigenvalue weighted by molar-refractivity contribution is -0.112. The molecule has 0 unspecified atom stereocenters. The maximum atomic E-state index is 12.3. The number of hydrogen-bond donors (Lipinski definition) is 1. The molecular weight excluding hydrogens is 340 g/mol. The van der Waals surface area contributed by atoms with Crippen molar-refractivity contribution in [2.75, 3.05) is 19.0 Å². The summed E-state index contributed by atoms with van der Waals surface area (Å²) in [4.78, 5) is 12.3. The summed E-state index contributed by atoms with van der Waals surface area (Å²) < 4.78 is 10.4. The fraction of sp³-hybridized carbons (Fsp3) is 0.158. The van der Waals surface area contributed by atoms with E-state index in [0.29, 0.717) is 34.4 Å². The number of nitriles is 1. The highest BCUT2D eigenvalue weighted by Crippen LogP contribution is 2.26. The zero-order chi connectivity index (χ0) is 18.2. The summed E-state index contributed by atoms with van der Waals surface area (Å²) in [5.41, 5.74) is 1.17. The molecular formula is C19H17ClN2O3. The molecule has 0 heterocycles. The molecule has 0 radical (unpaired) electrons. The molecule has 2 rings (SSSR count). The smallest absolute Gasteiger partial charge is 0.266 e. The van der Waals surface area contributed by atoms with E-state index < -0.39 is 5.91 Å². The standard InChI is InChI=1S/C19H17ClN2O3/c1-3-25-18-9-4-13(11-17(18)20)10-14(12-21)19(23)22-15-5-7-16(24-2)8-6-15/h4-11H,3H2,1-2H3,(H,22,23)/b14-10-. The Morgan fingerprint density at radius 2 is 2.00 bits per heavy atom. The van der Waals surface area contributed by atoms with Crippen LogP contribution in [0.3, 0.4) is 0 Å². The van der Waals surface area contributed by atoms with Crippen LogP contribution in [0.25, 0.3) is 6.08 Å². The lowest BCUT2D eigenvalue weighted by atomic mass is 10.1. The average molecular weight is 357 g/mol. The second kappa shape index (κ2) is 8.76. The lowest BCUT2D eigenvalue weighted by Crippen LogP contribution is -2.13. The van der Waals surface area contributed by atoms with E-state index in [2.05, 4.69) is 5.32 Å². The summed E-state index contributed by atoms with van der Waals surface area (Å²) in [6.07, 6.45) is 1.47. The largest absolute Gasteiger partial charge is 0.497 e. The molecule has 0 aromatic heterocycles. The summed E-state index contributed by atoms with van der Waals surface area (Å²) >= 11 is 6.12. The third-order valence-corrected chi connectivity index (χ3v) is 3.58. The molecule has 0 saturated heterocycles. The minimum absolute atomic E-state index is 0.0314. The SMILES string of the molecule is CCOc1ccc(/C=C(/C#N)C(=O)Nc2ccc(OC)cc2)cc1Cl. The molecule has 0 aliphatic heterocycles. The molecule has 1 N–H and O–H groups in total. The van der Waals surface area contributed by atoms with Crippen molar-refractivity contribution in [3.05, 3.63) is 58.6 Å². The average Bonchev–Trinajstić information content (AvgIpc) is 2.62. The third kappa shape index (κ3) is 5.00. The Morgan fingerprint density at radius 3 is 2.56 bits per heavy atom. The van der Waals surface area contributed by atoms with Crippen LogP contribution < -0.4 is 14.8 Å². The Kier molecular flexibility index (Phi) is 6.44. The highest BCUT2D eigenvalue weighted by molar-refractivity contribution is 6.32. The molecule has 0 fully saturated rings. The van der Waals surface area contributed by atoms with Crippen molar-refractivity contribution in [1.82, 2.24) is 0 Å². The summed E-state index contributed by atoms with van der Waals surface area (Å²) in [5, 5.41) is 12.4. The van der Waals surface area contributed by atoms with Crippen LogP contribution >= 0.6 is 11.6 Å². The normalized spacial score (nSPS) is 10.7. The first kappa shape index (κ1) is 18.4. The summed E-state index contributed by atoms with van der Waals surface area (Å²) in [6.45, 7) is 2.37. The molecule has 2 aromatic carbocycles. The van der Waals surface area contributed by atoms with Gasteiger partial charge in [-0.15, -0.1) is 0 Å². The molecule has 0 saturated carbocycles. The second-order valence-electron chi connectivity index (χ2n) is 4.98. The second-order valence-corrected chi connectivity index (χ2v) is 5.38. The van der Waals surface area contributed by atoms with E-state index in [4.69, 9.17) is 21.1 Å². The molecule has 1 amide bonds. The van der Waals surface area contributed by atoms with Gasteiger partial charge in [0.15, 0.2) is 0 Å². The van der Waals surface area contributed by atoms with Gasteiger partial charge in [0.25, 0.3) is 5.91 Å². The van der Waals surface area contributed by atoms with Gasteiger partial charge >= 0.3 is 0 Å². The Balaban J connectivity index is 2.17. The Labute approximate surface area is 151 Å². The molecule has 128 valence electrons. The van der Waals surface area contributed by atoms with E-state index in [1.54, 1.807) is 49.6 Å². The number of benzene rings is 2. The fourth-order valence-corrected chi connectivity index (χ4v) is 2.31. The van der Waals surface area contributed by atoms with E-state index in [1.807, 2.05) is 13.0 Å². The topological polar surface area (TPSA) is 71.3 Å². The molecule has 6 heteroatoms. The minimum Gasteiger partial charge on any atom is -0.497 e. The van der Waals surface area contributed by atoms with Crippen molar-refractivity contribution < 1.29 is 14.3 Å². The van der Waals surface area contributed by atoms with Gasteiger partial charge in [0.05, 0.1) is 18.7 Å². The minimum atomic E-state index is -0.502. The van der Waals surface area contributed by atoms with E-state index in [-0.39, 0.29) is 5.57 Å². The van der Waals surface area contributed by atoms with Crippen LogP contribution in [0.15, 0.2) is 48.0 Å². The number of halogens is 1. The van der Waals surface area contributed by atoms with Gasteiger partial charge in [0.2, 0.25) is 0 Å². The van der Waals surface area contributed by atoms with Crippen molar-refractivity contribution in [2.24, 2.45) is 0 Å². The number of ether oxygens (including phenoxy) is 2. The van der Waals surface area contributed by atoms with Crippen LogP contribution in [0.2, 0.25) is 5.02 Å². The van der Waals surface area contributed by atoms with Crippen LogP contribution in [-0.2, 0) is 4.79 Å². The Hall–Kier alpha value is -2.97. The molecule has 5 nitrogen and oxygen atoms in total. The number of rotatable bonds is 6. The maximum absolute atomic E-state index is 12.3. The molecule has 2 aromatic rings. The lowest BCUT2D eigenvalue weighted by Gasteiger charge is -2.07. The van der Waals surface area contributed by atoms with Crippen LogP contribution in [0, 0.1) is 11.3 Å². The monoisotopic (exact) mass is 356 g/mol. The number of hydrogen-bond acceptors (Lipinski definition) is 4. The van der Waals surface area contributed by atoms with E-state index in [0.717, 1.165) is 0 Å².